The van der Waals surface area contributed by atoms with E-state index in [4.69, 9.17) is 4.99 Å². The van der Waals surface area contributed by atoms with Gasteiger partial charge in [0, 0.05) is 21.7 Å². The van der Waals surface area contributed by atoms with Crippen LogP contribution in [0.5, 0.6) is 0 Å². The number of fused-ring (bicyclic) bond motifs is 1. The zero-order chi connectivity index (χ0) is 17.9. The van der Waals surface area contributed by atoms with Gasteiger partial charge < -0.3 is 5.32 Å². The van der Waals surface area contributed by atoms with E-state index in [1.807, 2.05) is 36.5 Å². The Bertz CT molecular complexity index is 954. The van der Waals surface area contributed by atoms with Crippen LogP contribution < -0.4 is 5.32 Å². The number of nitrogens with zero attached hydrogens (tertiary/aromatic N) is 1. The Morgan fingerprint density at radius 1 is 1.15 bits per heavy atom. The van der Waals surface area contributed by atoms with E-state index in [1.54, 1.807) is 22.7 Å². The summed E-state index contributed by atoms with van der Waals surface area (Å²) in [7, 11) is 0. The number of thiophene rings is 2. The van der Waals surface area contributed by atoms with E-state index in [0.717, 1.165) is 40.4 Å². The number of amides is 1. The summed E-state index contributed by atoms with van der Waals surface area (Å²) in [6.45, 7) is 2.08. The van der Waals surface area contributed by atoms with Crippen LogP contribution in [-0.4, -0.2) is 12.1 Å². The molecule has 0 radical (unpaired) electrons. The Morgan fingerprint density at radius 2 is 1.96 bits per heavy atom. The normalized spacial score (nSPS) is 13.7. The van der Waals surface area contributed by atoms with Gasteiger partial charge in [0.2, 0.25) is 0 Å². The molecule has 0 fully saturated rings. The Balaban J connectivity index is 1.69. The van der Waals surface area contributed by atoms with Crippen LogP contribution in [0.25, 0.3) is 0 Å². The molecule has 132 valence electrons. The van der Waals surface area contributed by atoms with Gasteiger partial charge in [-0.05, 0) is 67.3 Å². The zero-order valence-corrected chi connectivity index (χ0v) is 16.3. The van der Waals surface area contributed by atoms with E-state index in [-0.39, 0.29) is 5.91 Å². The molecule has 0 saturated heterocycles. The summed E-state index contributed by atoms with van der Waals surface area (Å²) in [6, 6.07) is 11.7. The highest BCUT2D eigenvalue weighted by Gasteiger charge is 2.25. The summed E-state index contributed by atoms with van der Waals surface area (Å²) in [5.74, 6) is -0.0503. The lowest BCUT2D eigenvalue weighted by atomic mass is 9.95. The van der Waals surface area contributed by atoms with Crippen LogP contribution in [0.15, 0.2) is 46.8 Å². The molecule has 0 unspecified atom stereocenters. The molecule has 0 spiro atoms. The summed E-state index contributed by atoms with van der Waals surface area (Å²) in [6.07, 6.45) is 6.26. The molecule has 2 heterocycles. The second-order valence-corrected chi connectivity index (χ2v) is 8.47. The van der Waals surface area contributed by atoms with E-state index in [0.29, 0.717) is 0 Å². The Kier molecular flexibility index (Phi) is 5.00. The number of hydrogen-bond donors (Lipinski definition) is 1. The second-order valence-electron chi connectivity index (χ2n) is 6.44. The van der Waals surface area contributed by atoms with E-state index in [2.05, 4.69) is 23.7 Å². The molecular weight excluding hydrogens is 360 g/mol. The van der Waals surface area contributed by atoms with Crippen molar-refractivity contribution in [3.05, 3.63) is 68.2 Å². The van der Waals surface area contributed by atoms with Gasteiger partial charge in [-0.2, -0.15) is 0 Å². The van der Waals surface area contributed by atoms with E-state index in [1.165, 1.54) is 22.4 Å². The maximum Gasteiger partial charge on any atom is 0.259 e. The molecular formula is C21H20N2OS2. The van der Waals surface area contributed by atoms with Gasteiger partial charge in [0.1, 0.15) is 5.00 Å². The molecule has 3 nitrogen and oxygen atoms in total. The van der Waals surface area contributed by atoms with Crippen molar-refractivity contribution in [1.82, 2.24) is 0 Å². The molecule has 1 aliphatic carbocycles. The first kappa shape index (κ1) is 17.2. The van der Waals surface area contributed by atoms with Crippen molar-refractivity contribution < 1.29 is 4.79 Å². The molecule has 4 rings (SSSR count). The van der Waals surface area contributed by atoms with Gasteiger partial charge in [0.25, 0.3) is 5.91 Å². The van der Waals surface area contributed by atoms with Crippen molar-refractivity contribution in [1.29, 1.82) is 0 Å². The lowest BCUT2D eigenvalue weighted by Gasteiger charge is -2.12. The van der Waals surface area contributed by atoms with E-state index < -0.39 is 0 Å². The maximum absolute atomic E-state index is 13.0. The van der Waals surface area contributed by atoms with E-state index >= 15 is 0 Å². The Hall–Kier alpha value is -2.24. The van der Waals surface area contributed by atoms with Crippen molar-refractivity contribution in [2.24, 2.45) is 4.99 Å². The topological polar surface area (TPSA) is 41.5 Å². The molecule has 3 aromatic rings. The molecule has 1 aromatic carbocycles. The maximum atomic E-state index is 13.0. The first-order chi connectivity index (χ1) is 12.7. The molecule has 2 aromatic heterocycles. The van der Waals surface area contributed by atoms with Crippen LogP contribution in [-0.2, 0) is 12.8 Å². The zero-order valence-electron chi connectivity index (χ0n) is 14.6. The van der Waals surface area contributed by atoms with Crippen LogP contribution in [0, 0.1) is 6.92 Å². The van der Waals surface area contributed by atoms with Crippen molar-refractivity contribution >= 4 is 45.5 Å². The van der Waals surface area contributed by atoms with Gasteiger partial charge in [-0.3, -0.25) is 4.79 Å². The SMILES string of the molecule is Cc1ccsc1C=Nc1sc2c(c1C(=O)Nc1ccccc1)CCCC2. The molecule has 1 N–H and O–H groups in total. The predicted octanol–water partition coefficient (Wildman–Crippen LogP) is 6.00. The number of rotatable bonds is 4. The molecule has 0 bridgehead atoms. The van der Waals surface area contributed by atoms with Crippen LogP contribution >= 0.6 is 22.7 Å². The minimum Gasteiger partial charge on any atom is -0.322 e. The predicted molar refractivity (Wildman–Crippen MR) is 112 cm³/mol. The van der Waals surface area contributed by atoms with E-state index in [9.17, 15) is 4.79 Å². The second kappa shape index (κ2) is 7.56. The summed E-state index contributed by atoms with van der Waals surface area (Å²) in [5.41, 5.74) is 4.00. The van der Waals surface area contributed by atoms with Gasteiger partial charge in [-0.15, -0.1) is 22.7 Å². The number of hydrogen-bond acceptors (Lipinski definition) is 4. The van der Waals surface area contributed by atoms with Crippen molar-refractivity contribution in [2.45, 2.75) is 32.6 Å². The molecule has 0 atom stereocenters. The van der Waals surface area contributed by atoms with Crippen molar-refractivity contribution in [3.63, 3.8) is 0 Å². The van der Waals surface area contributed by atoms with Gasteiger partial charge >= 0.3 is 0 Å². The molecule has 26 heavy (non-hydrogen) atoms. The van der Waals surface area contributed by atoms with Crippen molar-refractivity contribution in [2.75, 3.05) is 5.32 Å². The minimum absolute atomic E-state index is 0.0503. The number of nitrogens with one attached hydrogen (secondary N) is 1. The number of carbonyl (C=O) groups is 1. The summed E-state index contributed by atoms with van der Waals surface area (Å²) >= 11 is 3.35. The lowest BCUT2D eigenvalue weighted by molar-refractivity contribution is 0.102. The van der Waals surface area contributed by atoms with Gasteiger partial charge in [-0.25, -0.2) is 4.99 Å². The Labute approximate surface area is 161 Å². The third-order valence-corrected chi connectivity index (χ3v) is 6.77. The molecule has 0 aliphatic heterocycles. The first-order valence-corrected chi connectivity index (χ1v) is 10.5. The molecule has 1 amide bonds. The number of anilines is 1. The minimum atomic E-state index is -0.0503. The van der Waals surface area contributed by atoms with Crippen LogP contribution in [0.4, 0.5) is 10.7 Å². The fourth-order valence-corrected chi connectivity index (χ4v) is 5.24. The fourth-order valence-electron chi connectivity index (χ4n) is 3.23. The number of para-hydroxylation sites is 1. The average Bonchev–Trinajstić information content (AvgIpc) is 3.23. The lowest BCUT2D eigenvalue weighted by Crippen LogP contribution is -2.14. The number of aliphatic imine (C=N–C) groups is 1. The van der Waals surface area contributed by atoms with Gasteiger partial charge in [0.05, 0.1) is 5.56 Å². The first-order valence-electron chi connectivity index (χ1n) is 8.81. The van der Waals surface area contributed by atoms with Gasteiger partial charge in [0.15, 0.2) is 0 Å². The summed E-state index contributed by atoms with van der Waals surface area (Å²) < 4.78 is 0. The molecule has 0 saturated carbocycles. The largest absolute Gasteiger partial charge is 0.322 e. The molecule has 5 heteroatoms. The smallest absolute Gasteiger partial charge is 0.259 e. The number of carbonyl (C=O) groups excluding carboxylic acids is 1. The monoisotopic (exact) mass is 380 g/mol. The number of aryl methyl sites for hydroxylation is 2. The van der Waals surface area contributed by atoms with Crippen molar-refractivity contribution in [3.8, 4) is 0 Å². The quantitative estimate of drug-likeness (QED) is 0.554. The standard InChI is InChI=1S/C21H20N2OS2/c1-14-11-12-25-18(14)13-22-21-19(16-9-5-6-10-17(16)26-21)20(24)23-15-7-3-2-4-8-15/h2-4,7-8,11-13H,5-6,9-10H2,1H3,(H,23,24). The number of benzene rings is 1. The highest BCUT2D eigenvalue weighted by atomic mass is 32.1. The summed E-state index contributed by atoms with van der Waals surface area (Å²) in [4.78, 5) is 20.2. The summed E-state index contributed by atoms with van der Waals surface area (Å²) in [5, 5.41) is 5.94. The third-order valence-electron chi connectivity index (χ3n) is 4.61. The van der Waals surface area contributed by atoms with Crippen LogP contribution in [0.2, 0.25) is 0 Å². The highest BCUT2D eigenvalue weighted by molar-refractivity contribution is 7.16. The van der Waals surface area contributed by atoms with Gasteiger partial charge in [-0.1, -0.05) is 18.2 Å². The van der Waals surface area contributed by atoms with Crippen LogP contribution in [0.1, 0.15) is 44.1 Å². The highest BCUT2D eigenvalue weighted by Crippen LogP contribution is 2.40. The average molecular weight is 381 g/mol. The Morgan fingerprint density at radius 3 is 2.73 bits per heavy atom. The van der Waals surface area contributed by atoms with Crippen LogP contribution in [0.3, 0.4) is 0 Å². The fraction of sp³-hybridized carbons (Fsp3) is 0.238. The third kappa shape index (κ3) is 3.50. The molecule has 1 aliphatic rings.